The Kier molecular flexibility index (Phi) is 6.63. The number of hydrogen-bond acceptors (Lipinski definition) is 7. The average molecular weight is 479 g/mol. The highest BCUT2D eigenvalue weighted by Crippen LogP contribution is 2.42. The largest absolute Gasteiger partial charge is 0.452 e. The molecule has 2 aliphatic rings. The van der Waals surface area contributed by atoms with Gasteiger partial charge in [0.15, 0.2) is 6.61 Å². The van der Waals surface area contributed by atoms with Crippen molar-refractivity contribution in [1.29, 1.82) is 0 Å². The molecule has 0 spiro atoms. The first-order valence-electron chi connectivity index (χ1n) is 11.4. The Morgan fingerprint density at radius 2 is 1.77 bits per heavy atom. The maximum absolute atomic E-state index is 12.9. The summed E-state index contributed by atoms with van der Waals surface area (Å²) in [7, 11) is 0. The van der Waals surface area contributed by atoms with Gasteiger partial charge < -0.3 is 10.1 Å². The van der Waals surface area contributed by atoms with Gasteiger partial charge in [0, 0.05) is 17.3 Å². The molecular formula is C25H25N3O7. The summed E-state index contributed by atoms with van der Waals surface area (Å²) in [6.07, 6.45) is 2.33. The lowest BCUT2D eigenvalue weighted by Gasteiger charge is -2.25. The van der Waals surface area contributed by atoms with E-state index in [-0.39, 0.29) is 40.6 Å². The monoisotopic (exact) mass is 479 g/mol. The van der Waals surface area contributed by atoms with Gasteiger partial charge in [-0.05, 0) is 62.4 Å². The van der Waals surface area contributed by atoms with Crippen LogP contribution in [0.3, 0.4) is 0 Å². The number of anilines is 2. The normalized spacial score (nSPS) is 21.4. The van der Waals surface area contributed by atoms with E-state index in [0.717, 1.165) is 6.42 Å². The van der Waals surface area contributed by atoms with E-state index in [0.29, 0.717) is 30.0 Å². The Hall–Kier alpha value is -4.08. The van der Waals surface area contributed by atoms with Crippen molar-refractivity contribution in [2.75, 3.05) is 16.8 Å². The van der Waals surface area contributed by atoms with Gasteiger partial charge in [-0.15, -0.1) is 0 Å². The summed E-state index contributed by atoms with van der Waals surface area (Å²) in [6, 6.07) is 10.1. The van der Waals surface area contributed by atoms with Crippen LogP contribution in [0.5, 0.6) is 0 Å². The Morgan fingerprint density at radius 3 is 2.46 bits per heavy atom. The van der Waals surface area contributed by atoms with Crippen LogP contribution in [0, 0.1) is 34.8 Å². The predicted molar refractivity (Wildman–Crippen MR) is 126 cm³/mol. The molecule has 1 aliphatic heterocycles. The number of fused-ring (bicyclic) bond motifs is 1. The van der Waals surface area contributed by atoms with Gasteiger partial charge in [0.2, 0.25) is 11.8 Å². The van der Waals surface area contributed by atoms with Crippen LogP contribution in [0.1, 0.15) is 42.1 Å². The molecule has 2 aromatic rings. The summed E-state index contributed by atoms with van der Waals surface area (Å²) in [5.41, 5.74) is 1.08. The predicted octanol–water partition coefficient (Wildman–Crippen LogP) is 3.62. The summed E-state index contributed by atoms with van der Waals surface area (Å²) < 4.78 is 5.03. The summed E-state index contributed by atoms with van der Waals surface area (Å²) in [6.45, 7) is 3.08. The van der Waals surface area contributed by atoms with Gasteiger partial charge in [-0.3, -0.25) is 29.4 Å². The third-order valence-electron chi connectivity index (χ3n) is 6.57. The Labute approximate surface area is 201 Å². The molecule has 10 nitrogen and oxygen atoms in total. The lowest BCUT2D eigenvalue weighted by molar-refractivity contribution is -0.385. The number of hydrogen-bond donors (Lipinski definition) is 1. The van der Waals surface area contributed by atoms with Crippen molar-refractivity contribution in [3.8, 4) is 0 Å². The topological polar surface area (TPSA) is 136 Å². The summed E-state index contributed by atoms with van der Waals surface area (Å²) >= 11 is 0. The van der Waals surface area contributed by atoms with Crippen LogP contribution in [-0.2, 0) is 19.1 Å². The van der Waals surface area contributed by atoms with Crippen molar-refractivity contribution < 1.29 is 28.8 Å². The van der Waals surface area contributed by atoms with Crippen molar-refractivity contribution in [2.45, 2.75) is 33.1 Å². The Morgan fingerprint density at radius 1 is 1.09 bits per heavy atom. The third kappa shape index (κ3) is 4.91. The zero-order chi connectivity index (χ0) is 25.3. The van der Waals surface area contributed by atoms with Crippen LogP contribution in [-0.4, -0.2) is 35.2 Å². The SMILES string of the molecule is Cc1ccc(NC(=O)COC(=O)c2ccc(N3C(=O)[C@@H]4CC[C@@H](C)C[C@H]4C3=O)cc2)cc1[N+](=O)[O-]. The van der Waals surface area contributed by atoms with Crippen molar-refractivity contribution in [2.24, 2.45) is 17.8 Å². The lowest BCUT2D eigenvalue weighted by Crippen LogP contribution is -2.30. The van der Waals surface area contributed by atoms with Crippen LogP contribution in [0.4, 0.5) is 17.1 Å². The molecule has 1 aliphatic carbocycles. The molecule has 0 unspecified atom stereocenters. The van der Waals surface area contributed by atoms with Crippen LogP contribution in [0.2, 0.25) is 0 Å². The number of amides is 3. The fraction of sp³-hybridized carbons (Fsp3) is 0.360. The van der Waals surface area contributed by atoms with Crippen LogP contribution < -0.4 is 10.2 Å². The number of aryl methyl sites for hydroxylation is 1. The number of carbonyl (C=O) groups is 4. The van der Waals surface area contributed by atoms with Gasteiger partial charge in [-0.25, -0.2) is 4.79 Å². The second kappa shape index (κ2) is 9.65. The van der Waals surface area contributed by atoms with E-state index < -0.39 is 23.4 Å². The number of nitrogens with one attached hydrogen (secondary N) is 1. The Bertz CT molecular complexity index is 1210. The first-order chi connectivity index (χ1) is 16.7. The maximum Gasteiger partial charge on any atom is 0.338 e. The second-order valence-electron chi connectivity index (χ2n) is 9.07. The number of nitro benzene ring substituents is 1. The van der Waals surface area contributed by atoms with Crippen LogP contribution >= 0.6 is 0 Å². The van der Waals surface area contributed by atoms with Crippen molar-refractivity contribution in [1.82, 2.24) is 0 Å². The molecule has 35 heavy (non-hydrogen) atoms. The summed E-state index contributed by atoms with van der Waals surface area (Å²) in [5.74, 6) is -1.98. The van der Waals surface area contributed by atoms with Gasteiger partial charge in [0.25, 0.3) is 11.6 Å². The number of nitrogens with zero attached hydrogens (tertiary/aromatic N) is 2. The number of ether oxygens (including phenoxy) is 1. The van der Waals surface area contributed by atoms with Gasteiger partial charge in [-0.1, -0.05) is 13.0 Å². The average Bonchev–Trinajstić information content (AvgIpc) is 3.07. The quantitative estimate of drug-likeness (QED) is 0.289. The van der Waals surface area contributed by atoms with Gasteiger partial charge >= 0.3 is 5.97 Å². The van der Waals surface area contributed by atoms with Crippen LogP contribution in [0.15, 0.2) is 42.5 Å². The van der Waals surface area contributed by atoms with E-state index in [2.05, 4.69) is 12.2 Å². The van der Waals surface area contributed by atoms with Gasteiger partial charge in [0.1, 0.15) is 0 Å². The lowest BCUT2D eigenvalue weighted by atomic mass is 9.76. The molecule has 0 radical (unpaired) electrons. The molecule has 182 valence electrons. The number of carbonyl (C=O) groups excluding carboxylic acids is 4. The molecule has 1 saturated heterocycles. The number of rotatable bonds is 6. The number of benzene rings is 2. The second-order valence-corrected chi connectivity index (χ2v) is 9.07. The first-order valence-corrected chi connectivity index (χ1v) is 11.4. The minimum atomic E-state index is -0.761. The fourth-order valence-electron chi connectivity index (χ4n) is 4.69. The Balaban J connectivity index is 1.35. The van der Waals surface area contributed by atoms with Crippen molar-refractivity contribution >= 4 is 40.8 Å². The van der Waals surface area contributed by atoms with E-state index in [1.54, 1.807) is 6.92 Å². The van der Waals surface area contributed by atoms with Gasteiger partial charge in [-0.2, -0.15) is 0 Å². The van der Waals surface area contributed by atoms with E-state index in [4.69, 9.17) is 4.74 Å². The van der Waals surface area contributed by atoms with Crippen molar-refractivity contribution in [3.05, 3.63) is 63.7 Å². The highest BCUT2D eigenvalue weighted by atomic mass is 16.6. The van der Waals surface area contributed by atoms with E-state index in [1.807, 2.05) is 0 Å². The van der Waals surface area contributed by atoms with E-state index in [1.165, 1.54) is 47.4 Å². The number of imide groups is 1. The highest BCUT2D eigenvalue weighted by molar-refractivity contribution is 6.22. The molecule has 4 rings (SSSR count). The highest BCUT2D eigenvalue weighted by Gasteiger charge is 2.49. The molecule has 2 fully saturated rings. The van der Waals surface area contributed by atoms with Crippen LogP contribution in [0.25, 0.3) is 0 Å². The minimum Gasteiger partial charge on any atom is -0.452 e. The molecule has 3 amide bonds. The molecule has 1 N–H and O–H groups in total. The number of esters is 1. The third-order valence-corrected chi connectivity index (χ3v) is 6.57. The smallest absolute Gasteiger partial charge is 0.338 e. The molecular weight excluding hydrogens is 454 g/mol. The molecule has 10 heteroatoms. The summed E-state index contributed by atoms with van der Waals surface area (Å²) in [5, 5.41) is 13.5. The van der Waals surface area contributed by atoms with E-state index in [9.17, 15) is 29.3 Å². The number of nitro groups is 1. The maximum atomic E-state index is 12.9. The van der Waals surface area contributed by atoms with Gasteiger partial charge in [0.05, 0.1) is 28.0 Å². The first kappa shape index (κ1) is 24.1. The molecule has 0 aromatic heterocycles. The molecule has 1 saturated carbocycles. The molecule has 2 aromatic carbocycles. The summed E-state index contributed by atoms with van der Waals surface area (Å²) in [4.78, 5) is 61.8. The van der Waals surface area contributed by atoms with Crippen molar-refractivity contribution in [3.63, 3.8) is 0 Å². The minimum absolute atomic E-state index is 0.136. The molecule has 0 bridgehead atoms. The van der Waals surface area contributed by atoms with E-state index >= 15 is 0 Å². The molecule has 1 heterocycles. The standard InChI is InChI=1S/C25H25N3O7/c1-14-3-10-19-20(11-14)24(31)27(23(19)30)18-8-5-16(6-9-18)25(32)35-13-22(29)26-17-7-4-15(2)21(12-17)28(33)34/h4-9,12,14,19-20H,3,10-11,13H2,1-2H3,(H,26,29)/t14-,19-,20-/m1/s1. The zero-order valence-corrected chi connectivity index (χ0v) is 19.4. The fourth-order valence-corrected chi connectivity index (χ4v) is 4.69. The molecule has 3 atom stereocenters. The zero-order valence-electron chi connectivity index (χ0n) is 19.4.